The first kappa shape index (κ1) is 21.6. The number of hydrogen-bond acceptors (Lipinski definition) is 4. The third-order valence-corrected chi connectivity index (χ3v) is 6.43. The molecule has 172 valence electrons. The minimum Gasteiger partial charge on any atom is -0.490 e. The molecule has 6 nitrogen and oxygen atoms in total. The molecular formula is C27H30N2O4. The number of benzene rings is 2. The Bertz CT molecular complexity index is 1190. The number of aromatic nitrogens is 1. The van der Waals surface area contributed by atoms with Crippen LogP contribution < -0.4 is 14.8 Å². The predicted molar refractivity (Wildman–Crippen MR) is 127 cm³/mol. The van der Waals surface area contributed by atoms with Gasteiger partial charge < -0.3 is 19.4 Å². The number of rotatable bonds is 7. The molecule has 0 spiro atoms. The normalized spacial score (nSPS) is 16.5. The van der Waals surface area contributed by atoms with Crippen LogP contribution in [0.25, 0.3) is 10.9 Å². The Labute approximate surface area is 193 Å². The lowest BCUT2D eigenvalue weighted by Gasteiger charge is -2.24. The predicted octanol–water partition coefficient (Wildman–Crippen LogP) is 4.91. The highest BCUT2D eigenvalue weighted by atomic mass is 16.5. The van der Waals surface area contributed by atoms with Gasteiger partial charge in [-0.05, 0) is 42.5 Å². The lowest BCUT2D eigenvalue weighted by Crippen LogP contribution is -2.34. The van der Waals surface area contributed by atoms with Crippen molar-refractivity contribution < 1.29 is 19.1 Å². The van der Waals surface area contributed by atoms with Gasteiger partial charge in [0.1, 0.15) is 6.54 Å². The highest BCUT2D eigenvalue weighted by molar-refractivity contribution is 6.10. The summed E-state index contributed by atoms with van der Waals surface area (Å²) in [5, 5.41) is 4.12. The molecule has 0 saturated heterocycles. The molecule has 3 aromatic rings. The highest BCUT2D eigenvalue weighted by Crippen LogP contribution is 2.36. The Morgan fingerprint density at radius 3 is 2.58 bits per heavy atom. The maximum absolute atomic E-state index is 13.1. The van der Waals surface area contributed by atoms with Crippen LogP contribution in [0.3, 0.4) is 0 Å². The number of amides is 1. The van der Waals surface area contributed by atoms with Gasteiger partial charge in [0.15, 0.2) is 17.3 Å². The van der Waals surface area contributed by atoms with Gasteiger partial charge in [-0.15, -0.1) is 0 Å². The molecule has 0 radical (unpaired) electrons. The topological polar surface area (TPSA) is 69.6 Å². The van der Waals surface area contributed by atoms with Crippen molar-refractivity contribution in [2.75, 3.05) is 13.2 Å². The van der Waals surface area contributed by atoms with Crippen LogP contribution in [0.15, 0.2) is 48.7 Å². The summed E-state index contributed by atoms with van der Waals surface area (Å²) in [6, 6.07) is 13.5. The summed E-state index contributed by atoms with van der Waals surface area (Å²) in [6.07, 6.45) is 4.63. The van der Waals surface area contributed by atoms with Crippen LogP contribution in [0, 0.1) is 11.8 Å². The van der Waals surface area contributed by atoms with E-state index in [1.54, 1.807) is 0 Å². The van der Waals surface area contributed by atoms with Gasteiger partial charge in [-0.25, -0.2) is 0 Å². The first-order chi connectivity index (χ1) is 16.0. The molecule has 6 heteroatoms. The number of nitrogens with one attached hydrogen (secondary N) is 1. The average Bonchev–Trinajstić information content (AvgIpc) is 3.62. The molecule has 5 rings (SSSR count). The first-order valence-electron chi connectivity index (χ1n) is 11.8. The third kappa shape index (κ3) is 4.47. The zero-order chi connectivity index (χ0) is 22.9. The van der Waals surface area contributed by atoms with E-state index in [0.717, 1.165) is 52.8 Å². The van der Waals surface area contributed by atoms with Gasteiger partial charge in [0, 0.05) is 35.0 Å². The lowest BCUT2D eigenvalue weighted by atomic mass is 9.95. The van der Waals surface area contributed by atoms with Gasteiger partial charge in [0.05, 0.1) is 19.3 Å². The van der Waals surface area contributed by atoms with E-state index in [1.807, 2.05) is 53.2 Å². The summed E-state index contributed by atoms with van der Waals surface area (Å²) in [5.74, 6) is 1.90. The van der Waals surface area contributed by atoms with Gasteiger partial charge in [-0.3, -0.25) is 9.59 Å². The molecule has 1 fully saturated rings. The number of fused-ring (bicyclic) bond motifs is 2. The van der Waals surface area contributed by atoms with E-state index in [9.17, 15) is 9.59 Å². The molecule has 0 bridgehead atoms. The summed E-state index contributed by atoms with van der Waals surface area (Å²) in [6.45, 7) is 5.60. The molecule has 33 heavy (non-hydrogen) atoms. The Kier molecular flexibility index (Phi) is 5.83. The summed E-state index contributed by atoms with van der Waals surface area (Å²) in [5.41, 5.74) is 2.63. The van der Waals surface area contributed by atoms with Gasteiger partial charge in [0.25, 0.3) is 0 Å². The van der Waals surface area contributed by atoms with Crippen LogP contribution in [0.5, 0.6) is 11.5 Å². The highest BCUT2D eigenvalue weighted by Gasteiger charge is 2.32. The first-order valence-corrected chi connectivity index (χ1v) is 11.8. The molecule has 0 unspecified atom stereocenters. The summed E-state index contributed by atoms with van der Waals surface area (Å²) < 4.78 is 13.5. The van der Waals surface area contributed by atoms with Crippen LogP contribution >= 0.6 is 0 Å². The molecule has 2 aliphatic rings. The Balaban J connectivity index is 1.37. The van der Waals surface area contributed by atoms with Gasteiger partial charge in [-0.2, -0.15) is 0 Å². The Morgan fingerprint density at radius 2 is 1.82 bits per heavy atom. The second-order valence-electron chi connectivity index (χ2n) is 9.37. The average molecular weight is 447 g/mol. The van der Waals surface area contributed by atoms with E-state index in [4.69, 9.17) is 9.47 Å². The van der Waals surface area contributed by atoms with E-state index < -0.39 is 0 Å². The molecule has 2 heterocycles. The number of carbonyl (C=O) groups is 2. The van der Waals surface area contributed by atoms with Crippen molar-refractivity contribution in [3.8, 4) is 11.5 Å². The van der Waals surface area contributed by atoms with Gasteiger partial charge >= 0.3 is 0 Å². The van der Waals surface area contributed by atoms with Crippen LogP contribution in [0.4, 0.5) is 0 Å². The second-order valence-corrected chi connectivity index (χ2v) is 9.37. The molecule has 1 atom stereocenters. The summed E-state index contributed by atoms with van der Waals surface area (Å²) in [4.78, 5) is 25.9. The number of carbonyl (C=O) groups excluding carboxylic acids is 2. The number of ether oxygens (including phenoxy) is 2. The fraction of sp³-hybridized carbons (Fsp3) is 0.407. The number of nitrogens with zero attached hydrogens (tertiary/aromatic N) is 1. The van der Waals surface area contributed by atoms with Crippen LogP contribution in [0.2, 0.25) is 0 Å². The van der Waals surface area contributed by atoms with Crippen LogP contribution in [-0.4, -0.2) is 29.5 Å². The molecule has 1 aliphatic carbocycles. The number of para-hydroxylation sites is 1. The molecule has 2 aromatic carbocycles. The Hall–Kier alpha value is -3.28. The smallest absolute Gasteiger partial charge is 0.240 e. The largest absolute Gasteiger partial charge is 0.490 e. The van der Waals surface area contributed by atoms with E-state index in [1.165, 1.54) is 0 Å². The number of Topliss-reactive ketones (excluding diaryl/α,β-unsaturated/α-hetero) is 1. The molecule has 1 saturated carbocycles. The standard InChI is InChI=1S/C27H30N2O4/c1-17(2)26(19-10-11-23-24(14-19)33-13-5-12-32-23)28-25(30)16-29-15-21(27(31)18-8-9-18)20-6-3-4-7-22(20)29/h3-4,6-7,10-11,14-15,17-18,26H,5,8-9,12-13,16H2,1-2H3,(H,28,30)/t26-/m1/s1. The molecule has 1 N–H and O–H groups in total. The quantitative estimate of drug-likeness (QED) is 0.524. The van der Waals surface area contributed by atoms with E-state index in [2.05, 4.69) is 19.2 Å². The molecule has 1 amide bonds. The summed E-state index contributed by atoms with van der Waals surface area (Å²) >= 11 is 0. The van der Waals surface area contributed by atoms with E-state index in [0.29, 0.717) is 13.2 Å². The number of ketones is 1. The fourth-order valence-corrected chi connectivity index (χ4v) is 4.52. The van der Waals surface area contributed by atoms with Crippen molar-refractivity contribution in [1.29, 1.82) is 0 Å². The third-order valence-electron chi connectivity index (χ3n) is 6.43. The minimum absolute atomic E-state index is 0.0908. The lowest BCUT2D eigenvalue weighted by molar-refractivity contribution is -0.122. The van der Waals surface area contributed by atoms with Crippen molar-refractivity contribution in [1.82, 2.24) is 9.88 Å². The van der Waals surface area contributed by atoms with Crippen molar-refractivity contribution >= 4 is 22.6 Å². The molecule has 1 aliphatic heterocycles. The zero-order valence-electron chi connectivity index (χ0n) is 19.2. The molecular weight excluding hydrogens is 416 g/mol. The zero-order valence-corrected chi connectivity index (χ0v) is 19.2. The Morgan fingerprint density at radius 1 is 1.06 bits per heavy atom. The fourth-order valence-electron chi connectivity index (χ4n) is 4.52. The van der Waals surface area contributed by atoms with Crippen molar-refractivity contribution in [2.45, 2.75) is 45.7 Å². The van der Waals surface area contributed by atoms with Crippen LogP contribution in [-0.2, 0) is 11.3 Å². The van der Waals surface area contributed by atoms with Gasteiger partial charge in [-0.1, -0.05) is 38.1 Å². The maximum atomic E-state index is 13.1. The SMILES string of the molecule is CC(C)[C@@H](NC(=O)Cn1cc(C(=O)C2CC2)c2ccccc21)c1ccc2c(c1)OCCCO2. The minimum atomic E-state index is -0.163. The van der Waals surface area contributed by atoms with Gasteiger partial charge in [0.2, 0.25) is 5.91 Å². The maximum Gasteiger partial charge on any atom is 0.240 e. The molecule has 1 aromatic heterocycles. The number of hydrogen-bond donors (Lipinski definition) is 1. The second kappa shape index (κ2) is 8.93. The van der Waals surface area contributed by atoms with Crippen molar-refractivity contribution in [3.63, 3.8) is 0 Å². The van der Waals surface area contributed by atoms with E-state index in [-0.39, 0.29) is 36.1 Å². The van der Waals surface area contributed by atoms with Crippen molar-refractivity contribution in [3.05, 3.63) is 59.8 Å². The van der Waals surface area contributed by atoms with E-state index >= 15 is 0 Å². The monoisotopic (exact) mass is 446 g/mol. The summed E-state index contributed by atoms with van der Waals surface area (Å²) in [7, 11) is 0. The van der Waals surface area contributed by atoms with Crippen LogP contribution in [0.1, 0.15) is 55.1 Å². The van der Waals surface area contributed by atoms with Crippen molar-refractivity contribution in [2.24, 2.45) is 11.8 Å².